The Balaban J connectivity index is 1.77. The third kappa shape index (κ3) is 5.38. The molecule has 1 aromatic carbocycles. The maximum atomic E-state index is 13.4. The van der Waals surface area contributed by atoms with Gasteiger partial charge in [-0.05, 0) is 64.0 Å². The molecular formula is C20H24F3N5O2. The van der Waals surface area contributed by atoms with Crippen LogP contribution in [0.15, 0.2) is 30.5 Å². The molecule has 0 bridgehead atoms. The molecule has 10 heteroatoms. The lowest BCUT2D eigenvalue weighted by Gasteiger charge is -2.33. The maximum absolute atomic E-state index is 13.4. The van der Waals surface area contributed by atoms with Gasteiger partial charge in [-0.1, -0.05) is 0 Å². The van der Waals surface area contributed by atoms with Gasteiger partial charge < -0.3 is 20.6 Å². The Bertz CT molecular complexity index is 879. The molecule has 0 spiro atoms. The number of alkyl halides is 3. The average molecular weight is 423 g/mol. The zero-order chi connectivity index (χ0) is 21.9. The quantitative estimate of drug-likeness (QED) is 0.641. The highest BCUT2D eigenvalue weighted by atomic mass is 19.4. The molecule has 1 aliphatic carbocycles. The molecule has 3 N–H and O–H groups in total. The van der Waals surface area contributed by atoms with Crippen LogP contribution in [0.5, 0.6) is 0 Å². The Labute approximate surface area is 172 Å². The van der Waals surface area contributed by atoms with Crippen LogP contribution in [-0.2, 0) is 6.18 Å². The van der Waals surface area contributed by atoms with Crippen molar-refractivity contribution in [1.29, 1.82) is 0 Å². The monoisotopic (exact) mass is 423 g/mol. The molecule has 0 amide bonds. The van der Waals surface area contributed by atoms with E-state index in [0.29, 0.717) is 11.7 Å². The van der Waals surface area contributed by atoms with Crippen molar-refractivity contribution in [2.45, 2.75) is 43.9 Å². The van der Waals surface area contributed by atoms with E-state index in [9.17, 15) is 18.0 Å². The Morgan fingerprint density at radius 1 is 1.13 bits per heavy atom. The first-order chi connectivity index (χ1) is 14.1. The summed E-state index contributed by atoms with van der Waals surface area (Å²) in [5.74, 6) is -1.33. The number of hydrogen-bond donors (Lipinski definition) is 3. The predicted octanol–water partition coefficient (Wildman–Crippen LogP) is 4.22. The van der Waals surface area contributed by atoms with E-state index in [2.05, 4.69) is 25.5 Å². The molecule has 2 aromatic rings. The van der Waals surface area contributed by atoms with Crippen LogP contribution >= 0.6 is 0 Å². The van der Waals surface area contributed by atoms with E-state index >= 15 is 0 Å². The molecule has 0 unspecified atom stereocenters. The number of aromatic carboxylic acids is 1. The number of carboxylic acid groups (broad SMARTS) is 1. The lowest BCUT2D eigenvalue weighted by molar-refractivity contribution is -0.137. The summed E-state index contributed by atoms with van der Waals surface area (Å²) in [6.45, 7) is 0. The number of nitrogens with zero attached hydrogens (tertiary/aromatic N) is 3. The van der Waals surface area contributed by atoms with Crippen LogP contribution in [-0.4, -0.2) is 52.1 Å². The van der Waals surface area contributed by atoms with Crippen molar-refractivity contribution < 1.29 is 23.1 Å². The molecular weight excluding hydrogens is 399 g/mol. The Kier molecular flexibility index (Phi) is 6.45. The van der Waals surface area contributed by atoms with Gasteiger partial charge in [0.2, 0.25) is 5.95 Å². The van der Waals surface area contributed by atoms with Gasteiger partial charge in [-0.2, -0.15) is 18.2 Å². The predicted molar refractivity (Wildman–Crippen MR) is 107 cm³/mol. The zero-order valence-electron chi connectivity index (χ0n) is 16.7. The van der Waals surface area contributed by atoms with Crippen molar-refractivity contribution in [3.63, 3.8) is 0 Å². The topological polar surface area (TPSA) is 90.4 Å². The minimum absolute atomic E-state index is 0.00412. The van der Waals surface area contributed by atoms with Crippen molar-refractivity contribution >= 4 is 23.4 Å². The van der Waals surface area contributed by atoms with Gasteiger partial charge in [-0.25, -0.2) is 9.78 Å². The van der Waals surface area contributed by atoms with Crippen LogP contribution in [0.1, 0.15) is 41.6 Å². The highest BCUT2D eigenvalue weighted by Gasteiger charge is 2.36. The molecule has 7 nitrogen and oxygen atoms in total. The first-order valence-corrected chi connectivity index (χ1v) is 9.61. The molecule has 30 heavy (non-hydrogen) atoms. The fourth-order valence-corrected chi connectivity index (χ4v) is 3.51. The van der Waals surface area contributed by atoms with E-state index < -0.39 is 17.7 Å². The van der Waals surface area contributed by atoms with E-state index in [1.54, 1.807) is 0 Å². The van der Waals surface area contributed by atoms with Gasteiger partial charge in [-0.3, -0.25) is 0 Å². The fourth-order valence-electron chi connectivity index (χ4n) is 3.51. The molecule has 1 aromatic heterocycles. The molecule has 0 atom stereocenters. The van der Waals surface area contributed by atoms with Crippen molar-refractivity contribution in [1.82, 2.24) is 14.9 Å². The van der Waals surface area contributed by atoms with Gasteiger partial charge in [0.05, 0.1) is 5.56 Å². The van der Waals surface area contributed by atoms with E-state index in [1.807, 2.05) is 14.1 Å². The lowest BCUT2D eigenvalue weighted by Crippen LogP contribution is -2.36. The summed E-state index contributed by atoms with van der Waals surface area (Å²) in [6, 6.07) is 6.11. The van der Waals surface area contributed by atoms with Crippen molar-refractivity contribution in [2.75, 3.05) is 24.7 Å². The van der Waals surface area contributed by atoms with E-state index in [-0.39, 0.29) is 23.4 Å². The van der Waals surface area contributed by atoms with E-state index in [1.165, 1.54) is 24.3 Å². The van der Waals surface area contributed by atoms with Gasteiger partial charge in [0.15, 0.2) is 0 Å². The fraction of sp³-hybridized carbons (Fsp3) is 0.450. The van der Waals surface area contributed by atoms with Crippen molar-refractivity contribution in [3.8, 4) is 0 Å². The number of hydrogen-bond acceptors (Lipinski definition) is 6. The van der Waals surface area contributed by atoms with Crippen LogP contribution in [0.25, 0.3) is 0 Å². The van der Waals surface area contributed by atoms with Crippen LogP contribution in [0, 0.1) is 0 Å². The second-order valence-electron chi connectivity index (χ2n) is 7.57. The van der Waals surface area contributed by atoms with Crippen LogP contribution < -0.4 is 10.6 Å². The molecule has 1 aliphatic rings. The first-order valence-electron chi connectivity index (χ1n) is 9.61. The number of rotatable bonds is 6. The SMILES string of the molecule is CN(C)C1CCC(Nc2nc(Nc3ccc(C(=O)O)cc3)ncc2C(F)(F)F)CC1. The summed E-state index contributed by atoms with van der Waals surface area (Å²) in [5, 5.41) is 14.7. The molecule has 0 saturated heterocycles. The number of carboxylic acids is 1. The summed E-state index contributed by atoms with van der Waals surface area (Å²) in [4.78, 5) is 20.9. The Hall–Kier alpha value is -2.88. The third-order valence-corrected chi connectivity index (χ3v) is 5.25. The summed E-state index contributed by atoms with van der Waals surface area (Å²) in [6.07, 6.45) is -0.511. The molecule has 1 saturated carbocycles. The second kappa shape index (κ2) is 8.86. The number of halogens is 3. The van der Waals surface area contributed by atoms with Gasteiger partial charge >= 0.3 is 12.1 Å². The highest BCUT2D eigenvalue weighted by molar-refractivity contribution is 5.88. The third-order valence-electron chi connectivity index (χ3n) is 5.25. The average Bonchev–Trinajstić information content (AvgIpc) is 2.68. The molecule has 1 heterocycles. The summed E-state index contributed by atoms with van der Waals surface area (Å²) >= 11 is 0. The van der Waals surface area contributed by atoms with Gasteiger partial charge in [0.25, 0.3) is 0 Å². The van der Waals surface area contributed by atoms with Crippen molar-refractivity contribution in [2.24, 2.45) is 0 Å². The van der Waals surface area contributed by atoms with E-state index in [0.717, 1.165) is 31.9 Å². The molecule has 0 aliphatic heterocycles. The van der Waals surface area contributed by atoms with Crippen molar-refractivity contribution in [3.05, 3.63) is 41.6 Å². The number of nitrogens with one attached hydrogen (secondary N) is 2. The molecule has 1 fully saturated rings. The summed E-state index contributed by atoms with van der Waals surface area (Å²) in [7, 11) is 4.01. The first kappa shape index (κ1) is 21.8. The summed E-state index contributed by atoms with van der Waals surface area (Å²) < 4.78 is 40.3. The van der Waals surface area contributed by atoms with Gasteiger partial charge in [-0.15, -0.1) is 0 Å². The van der Waals surface area contributed by atoms with Crippen LogP contribution in [0.2, 0.25) is 0 Å². The zero-order valence-corrected chi connectivity index (χ0v) is 16.7. The van der Waals surface area contributed by atoms with E-state index in [4.69, 9.17) is 5.11 Å². The Morgan fingerprint density at radius 3 is 2.30 bits per heavy atom. The minimum atomic E-state index is -4.58. The van der Waals surface area contributed by atoms with Crippen LogP contribution in [0.4, 0.5) is 30.6 Å². The van der Waals surface area contributed by atoms with Gasteiger partial charge in [0.1, 0.15) is 11.4 Å². The molecule has 0 radical (unpaired) electrons. The normalized spacial score (nSPS) is 19.5. The standard InChI is InChI=1S/C20H24F3N5O2/c1-28(2)15-9-7-13(8-10-15)25-17-16(20(21,22)23)11-24-19(27-17)26-14-5-3-12(4-6-14)18(29)30/h3-6,11,13,15H,7-10H2,1-2H3,(H,29,30)(H2,24,25,26,27). The smallest absolute Gasteiger partial charge is 0.421 e. The van der Waals surface area contributed by atoms with Gasteiger partial charge in [0, 0.05) is 24.0 Å². The highest BCUT2D eigenvalue weighted by Crippen LogP contribution is 2.35. The second-order valence-corrected chi connectivity index (χ2v) is 7.57. The minimum Gasteiger partial charge on any atom is -0.478 e. The molecule has 3 rings (SSSR count). The largest absolute Gasteiger partial charge is 0.478 e. The maximum Gasteiger partial charge on any atom is 0.421 e. The number of benzene rings is 1. The molecule has 162 valence electrons. The van der Waals surface area contributed by atoms with Crippen LogP contribution in [0.3, 0.4) is 0 Å². The number of anilines is 3. The lowest BCUT2D eigenvalue weighted by atomic mass is 9.90. The number of carbonyl (C=O) groups is 1. The Morgan fingerprint density at radius 2 is 1.77 bits per heavy atom. The summed E-state index contributed by atoms with van der Waals surface area (Å²) in [5.41, 5.74) is -0.342. The number of aromatic nitrogens is 2.